The lowest BCUT2D eigenvalue weighted by Gasteiger charge is -2.01. The first-order valence-corrected chi connectivity index (χ1v) is 2.92. The van der Waals surface area contributed by atoms with Gasteiger partial charge in [-0.05, 0) is 37.1 Å². The molecule has 0 N–H and O–H groups in total. The molecule has 0 spiro atoms. The van der Waals surface area contributed by atoms with Crippen LogP contribution in [0, 0.1) is 13.8 Å². The van der Waals surface area contributed by atoms with E-state index in [2.05, 4.69) is 0 Å². The summed E-state index contributed by atoms with van der Waals surface area (Å²) in [5.74, 6) is 0.692. The maximum atomic E-state index is 5.48. The van der Waals surface area contributed by atoms with Gasteiger partial charge in [0.2, 0.25) is 0 Å². The molecule has 1 heteroatoms. The lowest BCUT2D eigenvalue weighted by molar-refractivity contribution is 0.414. The molecule has 10 heavy (non-hydrogen) atoms. The quantitative estimate of drug-likeness (QED) is 0.566. The predicted octanol–water partition coefficient (Wildman–Crippen LogP) is 1.81. The van der Waals surface area contributed by atoms with Crippen molar-refractivity contribution in [3.63, 3.8) is 0 Å². The molecule has 0 fully saturated rings. The Hall–Kier alpha value is -0.980. The third-order valence-electron chi connectivity index (χ3n) is 1.19. The summed E-state index contributed by atoms with van der Waals surface area (Å²) in [7, 11) is 1.58. The van der Waals surface area contributed by atoms with Gasteiger partial charge in [-0.1, -0.05) is 6.07 Å². The molecule has 0 unspecified atom stereocenters. The zero-order chi connectivity index (χ0) is 7.56. The van der Waals surface area contributed by atoms with Crippen molar-refractivity contribution in [1.29, 1.82) is 0 Å². The number of methoxy groups -OCH3 is 1. The predicted molar refractivity (Wildman–Crippen MR) is 39.8 cm³/mol. The van der Waals surface area contributed by atoms with Crippen LogP contribution in [0.1, 0.15) is 11.1 Å². The van der Waals surface area contributed by atoms with E-state index in [-0.39, 0.29) is 0 Å². The van der Waals surface area contributed by atoms with Gasteiger partial charge in [0, 0.05) is 0 Å². The van der Waals surface area contributed by atoms with Gasteiger partial charge in [0.05, 0.1) is 7.11 Å². The molecule has 1 nitrogen and oxygen atoms in total. The van der Waals surface area contributed by atoms with Crippen LogP contribution >= 0.6 is 0 Å². The average Bonchev–Trinajstić information content (AvgIpc) is 1.85. The highest BCUT2D eigenvalue weighted by molar-refractivity contribution is 5.36. The number of hydrogen-bond donors (Lipinski definition) is 0. The first-order chi connectivity index (χ1) is 4.72. The van der Waals surface area contributed by atoms with Crippen molar-refractivity contribution in [2.24, 2.45) is 0 Å². The van der Waals surface area contributed by atoms with Crippen molar-refractivity contribution in [3.05, 3.63) is 43.2 Å². The first-order valence-electron chi connectivity index (χ1n) is 2.92. The molecule has 0 heterocycles. The van der Waals surface area contributed by atoms with Crippen molar-refractivity contribution in [1.82, 2.24) is 0 Å². The third-order valence-corrected chi connectivity index (χ3v) is 1.19. The molecule has 0 aliphatic rings. The molecule has 0 aliphatic heterocycles. The van der Waals surface area contributed by atoms with Crippen LogP contribution in [-0.2, 0) is 0 Å². The zero-order valence-corrected chi connectivity index (χ0v) is 5.79. The Bertz CT molecular complexity index is 208. The fraction of sp³-hybridized carbons (Fsp3) is 0.111. The molecular weight excluding hydrogens is 124 g/mol. The van der Waals surface area contributed by atoms with Crippen molar-refractivity contribution < 1.29 is 4.74 Å². The van der Waals surface area contributed by atoms with Gasteiger partial charge < -0.3 is 4.74 Å². The van der Waals surface area contributed by atoms with E-state index in [1.807, 2.05) is 0 Å². The van der Waals surface area contributed by atoms with Gasteiger partial charge in [0.15, 0.2) is 0 Å². The molecule has 0 amide bonds. The Morgan fingerprint density at radius 3 is 2.00 bits per heavy atom. The molecule has 0 aliphatic carbocycles. The zero-order valence-electron chi connectivity index (χ0n) is 5.79. The maximum absolute atomic E-state index is 5.48. The van der Waals surface area contributed by atoms with Crippen molar-refractivity contribution in [2.45, 2.75) is 0 Å². The van der Waals surface area contributed by atoms with Gasteiger partial charge in [-0.3, -0.25) is 0 Å². The van der Waals surface area contributed by atoms with Crippen molar-refractivity contribution in [3.8, 4) is 5.75 Å². The van der Waals surface area contributed by atoms with E-state index in [1.165, 1.54) is 0 Å². The SMILES string of the molecule is [CH]c1cc([CH])cc(OC)c1. The second-order valence-corrected chi connectivity index (χ2v) is 2.04. The summed E-state index contributed by atoms with van der Waals surface area (Å²) < 4.78 is 4.92. The van der Waals surface area contributed by atoms with Crippen LogP contribution in [0.2, 0.25) is 0 Å². The van der Waals surface area contributed by atoms with E-state index >= 15 is 0 Å². The molecule has 1 aromatic carbocycles. The normalized spacial score (nSPS) is 9.50. The molecule has 0 aromatic heterocycles. The molecule has 0 saturated heterocycles. The Balaban J connectivity index is 3.06. The highest BCUT2D eigenvalue weighted by Gasteiger charge is 1.92. The topological polar surface area (TPSA) is 9.23 Å². The number of rotatable bonds is 1. The molecule has 0 saturated carbocycles. The summed E-state index contributed by atoms with van der Waals surface area (Å²) in [4.78, 5) is 0. The second-order valence-electron chi connectivity index (χ2n) is 2.04. The van der Waals surface area contributed by atoms with Crippen LogP contribution in [0.15, 0.2) is 18.2 Å². The summed E-state index contributed by atoms with van der Waals surface area (Å²) in [6, 6.07) is 5.12. The maximum Gasteiger partial charge on any atom is 0.119 e. The van der Waals surface area contributed by atoms with E-state index in [4.69, 9.17) is 18.6 Å². The summed E-state index contributed by atoms with van der Waals surface area (Å²) in [5, 5.41) is 0. The van der Waals surface area contributed by atoms with E-state index in [1.54, 1.807) is 25.3 Å². The Morgan fingerprint density at radius 2 is 1.60 bits per heavy atom. The largest absolute Gasteiger partial charge is 0.497 e. The van der Waals surface area contributed by atoms with Crippen LogP contribution in [0.5, 0.6) is 5.75 Å². The van der Waals surface area contributed by atoms with Gasteiger partial charge in [-0.15, -0.1) is 0 Å². The average molecular weight is 132 g/mol. The number of hydrogen-bond acceptors (Lipinski definition) is 1. The van der Waals surface area contributed by atoms with Crippen LogP contribution < -0.4 is 4.74 Å². The fourth-order valence-electron chi connectivity index (χ4n) is 0.764. The number of ether oxygens (including phenoxy) is 1. The molecular formula is C9H8O. The Labute approximate surface area is 61.6 Å². The molecule has 50 valence electrons. The summed E-state index contributed by atoms with van der Waals surface area (Å²) in [5.41, 5.74) is 1.24. The van der Waals surface area contributed by atoms with Crippen LogP contribution in [0.25, 0.3) is 0 Å². The monoisotopic (exact) mass is 132 g/mol. The minimum absolute atomic E-state index is 0.622. The smallest absolute Gasteiger partial charge is 0.119 e. The lowest BCUT2D eigenvalue weighted by atomic mass is 10.1. The highest BCUT2D eigenvalue weighted by atomic mass is 16.5. The third kappa shape index (κ3) is 1.50. The van der Waals surface area contributed by atoms with E-state index < -0.39 is 0 Å². The molecule has 4 radical (unpaired) electrons. The molecule has 0 bridgehead atoms. The van der Waals surface area contributed by atoms with Crippen molar-refractivity contribution >= 4 is 0 Å². The fourth-order valence-corrected chi connectivity index (χ4v) is 0.764. The van der Waals surface area contributed by atoms with Gasteiger partial charge in [0.1, 0.15) is 5.75 Å². The molecule has 1 aromatic rings. The molecule has 0 atom stereocenters. The minimum Gasteiger partial charge on any atom is -0.497 e. The van der Waals surface area contributed by atoms with Crippen LogP contribution in [0.3, 0.4) is 0 Å². The van der Waals surface area contributed by atoms with E-state index in [0.29, 0.717) is 16.9 Å². The molecule has 1 rings (SSSR count). The summed E-state index contributed by atoms with van der Waals surface area (Å²) in [6.07, 6.45) is 0. The van der Waals surface area contributed by atoms with Gasteiger partial charge in [-0.2, -0.15) is 0 Å². The van der Waals surface area contributed by atoms with E-state index in [0.717, 1.165) is 0 Å². The van der Waals surface area contributed by atoms with Crippen LogP contribution in [0.4, 0.5) is 0 Å². The number of benzene rings is 1. The van der Waals surface area contributed by atoms with E-state index in [9.17, 15) is 0 Å². The second kappa shape index (κ2) is 2.74. The van der Waals surface area contributed by atoms with Gasteiger partial charge in [0.25, 0.3) is 0 Å². The Kier molecular flexibility index (Phi) is 1.95. The van der Waals surface area contributed by atoms with Crippen LogP contribution in [-0.4, -0.2) is 7.11 Å². The Morgan fingerprint density at radius 1 is 1.10 bits per heavy atom. The van der Waals surface area contributed by atoms with Gasteiger partial charge in [-0.25, -0.2) is 0 Å². The standard InChI is InChI=1S/C9H8O/c1-7-4-8(2)6-9(5-7)10-3/h1-2,4-6H,3H3. The highest BCUT2D eigenvalue weighted by Crippen LogP contribution is 2.14. The summed E-state index contributed by atoms with van der Waals surface area (Å²) in [6.45, 7) is 11.0. The van der Waals surface area contributed by atoms with Gasteiger partial charge >= 0.3 is 0 Å². The summed E-state index contributed by atoms with van der Waals surface area (Å²) >= 11 is 0. The lowest BCUT2D eigenvalue weighted by Crippen LogP contribution is -1.84. The first kappa shape index (κ1) is 7.13. The van der Waals surface area contributed by atoms with Crippen molar-refractivity contribution in [2.75, 3.05) is 7.11 Å². The minimum atomic E-state index is 0.622.